The molecule has 0 radical (unpaired) electrons. The van der Waals surface area contributed by atoms with E-state index < -0.39 is 0 Å². The van der Waals surface area contributed by atoms with Gasteiger partial charge in [0.1, 0.15) is 0 Å². The molecule has 0 spiro atoms. The molecule has 0 aromatic heterocycles. The first kappa shape index (κ1) is 8.26. The average Bonchev–Trinajstić information content (AvgIpc) is 2.80. The van der Waals surface area contributed by atoms with Crippen LogP contribution >= 0.6 is 12.2 Å². The summed E-state index contributed by atoms with van der Waals surface area (Å²) in [4.78, 5) is 0. The van der Waals surface area contributed by atoms with E-state index in [1.165, 1.54) is 25.7 Å². The second-order valence-electron chi connectivity index (χ2n) is 3.76. The molecule has 2 atom stereocenters. The molecule has 3 nitrogen and oxygen atoms in total. The summed E-state index contributed by atoms with van der Waals surface area (Å²) in [6, 6.07) is 0.621. The van der Waals surface area contributed by atoms with Gasteiger partial charge in [-0.05, 0) is 36.9 Å². The zero-order valence-electron chi connectivity index (χ0n) is 7.05. The van der Waals surface area contributed by atoms with Gasteiger partial charge in [-0.2, -0.15) is 0 Å². The van der Waals surface area contributed by atoms with E-state index in [-0.39, 0.29) is 0 Å². The van der Waals surface area contributed by atoms with Crippen molar-refractivity contribution < 1.29 is 0 Å². The minimum Gasteiger partial charge on any atom is -0.358 e. The standard InChI is InChI=1S/C8H15N3S/c9-11-8(12)10-7-5-3-1-2-4-6(5)7/h5-7H,1-4,9H2,(H2,10,11,12). The third-order valence-electron chi connectivity index (χ3n) is 3.09. The quantitative estimate of drug-likeness (QED) is 0.316. The molecule has 0 saturated heterocycles. The Labute approximate surface area is 78.1 Å². The molecule has 2 saturated carbocycles. The summed E-state index contributed by atoms with van der Waals surface area (Å²) in [7, 11) is 0. The van der Waals surface area contributed by atoms with Crippen molar-refractivity contribution >= 4 is 17.3 Å². The van der Waals surface area contributed by atoms with Crippen LogP contribution in [0.2, 0.25) is 0 Å². The van der Waals surface area contributed by atoms with E-state index in [0.717, 1.165) is 11.8 Å². The lowest BCUT2D eigenvalue weighted by Gasteiger charge is -2.04. The van der Waals surface area contributed by atoms with Crippen molar-refractivity contribution in [2.75, 3.05) is 0 Å². The van der Waals surface area contributed by atoms with Crippen LogP contribution in [0.5, 0.6) is 0 Å². The highest BCUT2D eigenvalue weighted by Crippen LogP contribution is 2.49. The van der Waals surface area contributed by atoms with E-state index in [0.29, 0.717) is 11.2 Å². The highest BCUT2D eigenvalue weighted by Gasteiger charge is 2.50. The number of hydrogen-bond acceptors (Lipinski definition) is 2. The number of hydrazine groups is 1. The summed E-state index contributed by atoms with van der Waals surface area (Å²) in [5.41, 5.74) is 2.47. The van der Waals surface area contributed by atoms with E-state index in [1.54, 1.807) is 0 Å². The fourth-order valence-corrected chi connectivity index (χ4v) is 2.54. The Morgan fingerprint density at radius 1 is 1.25 bits per heavy atom. The minimum absolute atomic E-state index is 0.592. The van der Waals surface area contributed by atoms with Gasteiger partial charge in [0.2, 0.25) is 0 Å². The summed E-state index contributed by atoms with van der Waals surface area (Å²) in [6.45, 7) is 0. The molecule has 2 aliphatic carbocycles. The van der Waals surface area contributed by atoms with E-state index in [9.17, 15) is 0 Å². The van der Waals surface area contributed by atoms with Crippen LogP contribution in [0.1, 0.15) is 25.7 Å². The Hall–Kier alpha value is -0.350. The molecule has 0 amide bonds. The molecule has 0 aromatic carbocycles. The van der Waals surface area contributed by atoms with Gasteiger partial charge in [-0.25, -0.2) is 5.84 Å². The van der Waals surface area contributed by atoms with Crippen LogP contribution in [0, 0.1) is 11.8 Å². The second kappa shape index (κ2) is 3.18. The minimum atomic E-state index is 0.592. The van der Waals surface area contributed by atoms with Crippen molar-refractivity contribution in [3.05, 3.63) is 0 Å². The monoisotopic (exact) mass is 185 g/mol. The van der Waals surface area contributed by atoms with Crippen LogP contribution < -0.4 is 16.6 Å². The molecule has 4 heteroatoms. The van der Waals surface area contributed by atoms with Gasteiger partial charge < -0.3 is 10.7 Å². The molecular weight excluding hydrogens is 170 g/mol. The lowest BCUT2D eigenvalue weighted by Crippen LogP contribution is -2.41. The molecule has 12 heavy (non-hydrogen) atoms. The topological polar surface area (TPSA) is 50.1 Å². The number of rotatable bonds is 1. The first-order valence-corrected chi connectivity index (χ1v) is 5.01. The van der Waals surface area contributed by atoms with Gasteiger partial charge in [0.05, 0.1) is 0 Å². The SMILES string of the molecule is NNC(=S)NC1C2CCCCC21. The highest BCUT2D eigenvalue weighted by atomic mass is 32.1. The molecular formula is C8H15N3S. The van der Waals surface area contributed by atoms with Crippen molar-refractivity contribution in [3.63, 3.8) is 0 Å². The first-order valence-electron chi connectivity index (χ1n) is 4.60. The third-order valence-corrected chi connectivity index (χ3v) is 3.32. The maximum atomic E-state index is 5.18. The van der Waals surface area contributed by atoms with Crippen LogP contribution in [0.4, 0.5) is 0 Å². The van der Waals surface area contributed by atoms with Gasteiger partial charge >= 0.3 is 0 Å². The fraction of sp³-hybridized carbons (Fsp3) is 0.875. The Morgan fingerprint density at radius 2 is 1.83 bits per heavy atom. The van der Waals surface area contributed by atoms with Crippen molar-refractivity contribution in [2.45, 2.75) is 31.7 Å². The number of nitrogens with one attached hydrogen (secondary N) is 2. The normalized spacial score (nSPS) is 38.2. The molecule has 0 heterocycles. The summed E-state index contributed by atoms with van der Waals surface area (Å²) in [6.07, 6.45) is 5.52. The Balaban J connectivity index is 1.81. The zero-order valence-corrected chi connectivity index (χ0v) is 7.86. The van der Waals surface area contributed by atoms with Crippen molar-refractivity contribution in [2.24, 2.45) is 17.7 Å². The molecule has 4 N–H and O–H groups in total. The van der Waals surface area contributed by atoms with Crippen LogP contribution in [-0.2, 0) is 0 Å². The fourth-order valence-electron chi connectivity index (χ4n) is 2.40. The summed E-state index contributed by atoms with van der Waals surface area (Å²) >= 11 is 4.95. The number of fused-ring (bicyclic) bond motifs is 1. The van der Waals surface area contributed by atoms with Crippen LogP contribution in [0.15, 0.2) is 0 Å². The summed E-state index contributed by atoms with van der Waals surface area (Å²) in [5.74, 6) is 6.94. The predicted octanol–water partition coefficient (Wildman–Crippen LogP) is 0.513. The van der Waals surface area contributed by atoms with E-state index in [2.05, 4.69) is 10.7 Å². The molecule has 2 fully saturated rings. The van der Waals surface area contributed by atoms with Gasteiger partial charge in [0.25, 0.3) is 0 Å². The lowest BCUT2D eigenvalue weighted by atomic mass is 10.0. The summed E-state index contributed by atoms with van der Waals surface area (Å²) < 4.78 is 0. The van der Waals surface area contributed by atoms with Gasteiger partial charge in [-0.15, -0.1) is 0 Å². The number of hydrogen-bond donors (Lipinski definition) is 3. The largest absolute Gasteiger partial charge is 0.358 e. The maximum Gasteiger partial charge on any atom is 0.180 e. The Kier molecular flexibility index (Phi) is 2.19. The molecule has 2 aliphatic rings. The second-order valence-corrected chi connectivity index (χ2v) is 4.16. The average molecular weight is 185 g/mol. The number of nitrogens with two attached hydrogens (primary N) is 1. The first-order chi connectivity index (χ1) is 5.83. The van der Waals surface area contributed by atoms with Gasteiger partial charge in [-0.1, -0.05) is 12.8 Å². The van der Waals surface area contributed by atoms with Gasteiger partial charge in [0.15, 0.2) is 5.11 Å². The lowest BCUT2D eigenvalue weighted by molar-refractivity contribution is 0.480. The molecule has 0 aliphatic heterocycles. The Bertz CT molecular complexity index is 183. The van der Waals surface area contributed by atoms with E-state index in [1.807, 2.05) is 0 Å². The highest BCUT2D eigenvalue weighted by molar-refractivity contribution is 7.80. The molecule has 2 unspecified atom stereocenters. The summed E-state index contributed by atoms with van der Waals surface area (Å²) in [5, 5.41) is 3.83. The van der Waals surface area contributed by atoms with Crippen LogP contribution in [0.25, 0.3) is 0 Å². The van der Waals surface area contributed by atoms with Crippen molar-refractivity contribution in [3.8, 4) is 0 Å². The maximum absolute atomic E-state index is 5.18. The van der Waals surface area contributed by atoms with E-state index in [4.69, 9.17) is 18.1 Å². The van der Waals surface area contributed by atoms with Gasteiger partial charge in [-0.3, -0.25) is 0 Å². The zero-order chi connectivity index (χ0) is 8.55. The molecule has 0 aromatic rings. The van der Waals surface area contributed by atoms with Gasteiger partial charge in [0, 0.05) is 6.04 Å². The Morgan fingerprint density at radius 3 is 2.33 bits per heavy atom. The van der Waals surface area contributed by atoms with Crippen LogP contribution in [0.3, 0.4) is 0 Å². The molecule has 0 bridgehead atoms. The van der Waals surface area contributed by atoms with Crippen molar-refractivity contribution in [1.82, 2.24) is 10.7 Å². The molecule has 68 valence electrons. The smallest absolute Gasteiger partial charge is 0.180 e. The third kappa shape index (κ3) is 1.41. The number of thiocarbonyl (C=S) groups is 1. The predicted molar refractivity (Wildman–Crippen MR) is 52.3 cm³/mol. The van der Waals surface area contributed by atoms with Crippen LogP contribution in [-0.4, -0.2) is 11.2 Å². The molecule has 2 rings (SSSR count). The van der Waals surface area contributed by atoms with E-state index >= 15 is 0 Å². The van der Waals surface area contributed by atoms with Crippen molar-refractivity contribution in [1.29, 1.82) is 0 Å².